The van der Waals surface area contributed by atoms with Gasteiger partial charge in [-0.2, -0.15) is 60.7 Å². The van der Waals surface area contributed by atoms with Gasteiger partial charge in [0.1, 0.15) is 40.7 Å². The van der Waals surface area contributed by atoms with Gasteiger partial charge in [-0.1, -0.05) is 36.4 Å². The molecule has 0 bridgehead atoms. The highest BCUT2D eigenvalue weighted by Crippen LogP contribution is 2.45. The molecule has 26 nitrogen and oxygen atoms in total. The average molecular weight is 1030 g/mol. The smallest absolute Gasteiger partial charge is 0.296 e. The number of hydrogen-bond donors (Lipinski definition) is 10. The highest BCUT2D eigenvalue weighted by molar-refractivity contribution is 7.87. The van der Waals surface area contributed by atoms with E-state index in [1.54, 1.807) is 0 Å². The summed E-state index contributed by atoms with van der Waals surface area (Å²) in [6.45, 7) is 0. The van der Waals surface area contributed by atoms with Crippen LogP contribution in [0, 0.1) is 0 Å². The Morgan fingerprint density at radius 2 is 0.682 bits per heavy atom. The Morgan fingerprint density at radius 3 is 0.970 bits per heavy atom. The average Bonchev–Trinajstić information content (AvgIpc) is 3.17. The molecule has 66 heavy (non-hydrogen) atoms. The number of benzene rings is 6. The maximum Gasteiger partial charge on any atom is 0.296 e. The van der Waals surface area contributed by atoms with Gasteiger partial charge in [0.25, 0.3) is 60.7 Å². The summed E-state index contributed by atoms with van der Waals surface area (Å²) in [7, 11) is -31.1. The quantitative estimate of drug-likeness (QED) is 0.0332. The van der Waals surface area contributed by atoms with E-state index in [0.717, 1.165) is 72.8 Å². The molecule has 0 aliphatic heterocycles. The lowest BCUT2D eigenvalue weighted by atomic mass is 10.1. The molecule has 0 amide bonds. The van der Waals surface area contributed by atoms with E-state index in [-0.39, 0.29) is 22.5 Å². The molecule has 0 saturated carbocycles. The molecule has 348 valence electrons. The molecule has 6 aromatic carbocycles. The summed E-state index contributed by atoms with van der Waals surface area (Å²) in [6, 6.07) is 10.3. The number of hydrogen-bond acceptors (Lipinski definition) is 20. The Labute approximate surface area is 371 Å². The third-order valence-corrected chi connectivity index (χ3v) is 14.5. The molecule has 0 saturated heterocycles. The van der Waals surface area contributed by atoms with E-state index in [1.165, 1.54) is 0 Å². The van der Waals surface area contributed by atoms with Crippen molar-refractivity contribution >= 4 is 129 Å². The molecular formula is C34H26N6O20S6. The van der Waals surface area contributed by atoms with Crippen LogP contribution in [0.1, 0.15) is 11.1 Å². The van der Waals surface area contributed by atoms with Crippen LogP contribution in [0.15, 0.2) is 123 Å². The lowest BCUT2D eigenvalue weighted by Gasteiger charge is -2.13. The van der Waals surface area contributed by atoms with Crippen molar-refractivity contribution in [1.82, 2.24) is 0 Å². The number of fused-ring (bicyclic) bond motifs is 2. The number of nitrogens with two attached hydrogens (primary N) is 2. The minimum atomic E-state index is -5.23. The second kappa shape index (κ2) is 16.7. The van der Waals surface area contributed by atoms with Gasteiger partial charge in [0.05, 0.1) is 33.5 Å². The van der Waals surface area contributed by atoms with Crippen molar-refractivity contribution in [2.75, 3.05) is 11.5 Å². The van der Waals surface area contributed by atoms with E-state index >= 15 is 0 Å². The maximum atomic E-state index is 12.4. The van der Waals surface area contributed by atoms with E-state index in [2.05, 4.69) is 20.5 Å². The molecule has 0 radical (unpaired) electrons. The summed E-state index contributed by atoms with van der Waals surface area (Å²) in [4.78, 5) is -6.26. The van der Waals surface area contributed by atoms with Gasteiger partial charge in [-0.25, -0.2) is 0 Å². The van der Waals surface area contributed by atoms with E-state index in [0.29, 0.717) is 12.1 Å². The summed E-state index contributed by atoms with van der Waals surface area (Å²) < 4.78 is 204. The van der Waals surface area contributed by atoms with Crippen LogP contribution in [0.3, 0.4) is 0 Å². The Balaban J connectivity index is 1.36. The highest BCUT2D eigenvalue weighted by Gasteiger charge is 2.29. The molecule has 0 heterocycles. The second-order valence-electron chi connectivity index (χ2n) is 13.3. The zero-order chi connectivity index (χ0) is 49.3. The summed E-state index contributed by atoms with van der Waals surface area (Å²) >= 11 is 0. The molecule has 32 heteroatoms. The van der Waals surface area contributed by atoms with Crippen LogP contribution in [0.4, 0.5) is 34.1 Å². The van der Waals surface area contributed by atoms with Gasteiger partial charge in [-0.15, -0.1) is 10.2 Å². The minimum Gasteiger partial charge on any atom is -0.505 e. The molecule has 0 unspecified atom stereocenters. The third kappa shape index (κ3) is 9.83. The van der Waals surface area contributed by atoms with Crippen molar-refractivity contribution in [2.45, 2.75) is 29.4 Å². The van der Waals surface area contributed by atoms with Crippen molar-refractivity contribution < 1.29 is 88.0 Å². The Hall–Kier alpha value is -6.56. The van der Waals surface area contributed by atoms with Crippen molar-refractivity contribution in [3.05, 3.63) is 83.9 Å². The van der Waals surface area contributed by atoms with Crippen LogP contribution in [-0.4, -0.2) is 88.0 Å². The first-order valence-corrected chi connectivity index (χ1v) is 25.6. The predicted molar refractivity (Wildman–Crippen MR) is 229 cm³/mol. The molecule has 0 aliphatic carbocycles. The normalized spacial score (nSPS) is 13.5. The van der Waals surface area contributed by atoms with Crippen molar-refractivity contribution in [3.8, 4) is 11.5 Å². The minimum absolute atomic E-state index is 0.321. The Bertz CT molecular complexity index is 3660. The Morgan fingerprint density at radius 1 is 0.379 bits per heavy atom. The maximum absolute atomic E-state index is 12.4. The molecular weight excluding hydrogens is 1000 g/mol. The van der Waals surface area contributed by atoms with E-state index in [9.17, 15) is 88.0 Å². The number of nitrogens with zero attached hydrogens (tertiary/aromatic N) is 4. The number of aromatic hydroxyl groups is 2. The van der Waals surface area contributed by atoms with Gasteiger partial charge in [0, 0.05) is 10.8 Å². The number of phenolic OH excluding ortho intramolecular Hbond substituents is 2. The van der Waals surface area contributed by atoms with Crippen LogP contribution in [-0.2, 0) is 60.7 Å². The number of nitrogen functional groups attached to an aromatic ring is 2. The van der Waals surface area contributed by atoms with Gasteiger partial charge < -0.3 is 21.7 Å². The molecule has 0 aliphatic rings. The standard InChI is InChI=1S/C34H26N6O20S6/c35-31-27(65(55,56)57)13-25(63(49,50)51)19-7-9-21(33(41)29(19)31)39-37-17-5-3-15(23(11-17)61(43,44)45)1-2-16-4-6-18(12-24(16)62(46,47)48)38-40-22-10-8-20-26(64(52,53)54)14-28(66(58,59)60)32(36)30(20)34(22)42/h1-14,41-42H,35-36H2,(H,43,44,45)(H,46,47,48)(H,49,50,51)(H,52,53,54)(H,55,56,57)(H,58,59,60)/b2-1+,39-37?,40-38?. The summed E-state index contributed by atoms with van der Waals surface area (Å²) in [5, 5.41) is 34.4. The molecule has 0 atom stereocenters. The van der Waals surface area contributed by atoms with E-state index in [4.69, 9.17) is 11.5 Å². The van der Waals surface area contributed by atoms with Gasteiger partial charge in [-0.05, 0) is 59.7 Å². The largest absolute Gasteiger partial charge is 0.505 e. The number of anilines is 2. The van der Waals surface area contributed by atoms with E-state index in [1.807, 2.05) is 0 Å². The topological polar surface area (TPSA) is 468 Å². The lowest BCUT2D eigenvalue weighted by Crippen LogP contribution is -2.08. The first-order chi connectivity index (χ1) is 30.2. The lowest BCUT2D eigenvalue weighted by molar-refractivity contribution is 0.476. The van der Waals surface area contributed by atoms with Gasteiger partial charge in [-0.3, -0.25) is 27.3 Å². The molecule has 6 rings (SSSR count). The van der Waals surface area contributed by atoms with Crippen LogP contribution in [0.2, 0.25) is 0 Å². The van der Waals surface area contributed by atoms with Gasteiger partial charge >= 0.3 is 0 Å². The van der Waals surface area contributed by atoms with Crippen LogP contribution in [0.25, 0.3) is 33.7 Å². The number of phenols is 2. The zero-order valence-electron chi connectivity index (χ0n) is 32.0. The third-order valence-electron chi connectivity index (χ3n) is 9.09. The molecule has 12 N–H and O–H groups in total. The Kier molecular flexibility index (Phi) is 12.4. The first kappa shape index (κ1) is 48.9. The number of rotatable bonds is 12. The van der Waals surface area contributed by atoms with Crippen LogP contribution < -0.4 is 11.5 Å². The fourth-order valence-corrected chi connectivity index (χ4v) is 10.5. The number of azo groups is 2. The predicted octanol–water partition coefficient (Wildman–Crippen LogP) is 5.05. The fourth-order valence-electron chi connectivity index (χ4n) is 6.22. The van der Waals surface area contributed by atoms with E-state index < -0.39 is 146 Å². The van der Waals surface area contributed by atoms with Crippen LogP contribution in [0.5, 0.6) is 11.5 Å². The summed E-state index contributed by atoms with van der Waals surface area (Å²) in [6.07, 6.45) is 1.96. The van der Waals surface area contributed by atoms with Gasteiger partial charge in [0.15, 0.2) is 11.5 Å². The second-order valence-corrected chi connectivity index (χ2v) is 21.7. The molecule has 0 spiro atoms. The first-order valence-electron chi connectivity index (χ1n) is 17.0. The SMILES string of the molecule is Nc1c(S(=O)(=O)O)cc(S(=O)(=O)O)c2ccc(N=Nc3ccc(/C=C/c4ccc(N=Nc5ccc6c(S(=O)(=O)O)cc(S(=O)(=O)O)c(N)c6c5O)cc4S(=O)(=O)O)c(S(=O)(=O)O)c3)c(O)c12. The molecule has 6 aromatic rings. The molecule has 0 fully saturated rings. The zero-order valence-corrected chi connectivity index (χ0v) is 36.9. The monoisotopic (exact) mass is 1030 g/mol. The molecule has 0 aromatic heterocycles. The summed E-state index contributed by atoms with van der Waals surface area (Å²) in [5.41, 5.74) is 7.52. The highest BCUT2D eigenvalue weighted by atomic mass is 32.2. The van der Waals surface area contributed by atoms with Gasteiger partial charge in [0.2, 0.25) is 0 Å². The van der Waals surface area contributed by atoms with Crippen LogP contribution >= 0.6 is 0 Å². The van der Waals surface area contributed by atoms with Crippen molar-refractivity contribution in [1.29, 1.82) is 0 Å². The van der Waals surface area contributed by atoms with Crippen molar-refractivity contribution in [2.24, 2.45) is 20.5 Å². The fraction of sp³-hybridized carbons (Fsp3) is 0. The van der Waals surface area contributed by atoms with Crippen molar-refractivity contribution in [3.63, 3.8) is 0 Å². The summed E-state index contributed by atoms with van der Waals surface area (Å²) in [5.74, 6) is -2.02.